The van der Waals surface area contributed by atoms with Crippen molar-refractivity contribution >= 4 is 61.4 Å². The number of aliphatic carboxylic acids is 2. The molecule has 4 aliphatic rings. The van der Waals surface area contributed by atoms with Crippen molar-refractivity contribution in [1.29, 1.82) is 0 Å². The molecule has 82 heavy (non-hydrogen) atoms. The van der Waals surface area contributed by atoms with Crippen LogP contribution in [0.25, 0.3) is 0 Å². The number of amides is 1. The minimum Gasteiger partial charge on any atom is -0.480 e. The maximum Gasteiger partial charge on any atom is 0.440 e. The highest BCUT2D eigenvalue weighted by molar-refractivity contribution is 7.92. The van der Waals surface area contributed by atoms with Gasteiger partial charge in [0.15, 0.2) is 11.6 Å². The number of carboxylic acids is 2. The normalized spacial score (nSPS) is 17.1. The Hall–Kier alpha value is -7.34. The Balaban J connectivity index is 0.000000185. The van der Waals surface area contributed by atoms with Gasteiger partial charge in [0, 0.05) is 102 Å². The first-order valence-electron chi connectivity index (χ1n) is 27.0. The van der Waals surface area contributed by atoms with E-state index in [2.05, 4.69) is 89.9 Å². The summed E-state index contributed by atoms with van der Waals surface area (Å²) in [7, 11) is -6.96. The number of hydrogen-bond acceptors (Lipinski definition) is 18. The number of benzene rings is 3. The molecule has 4 fully saturated rings. The fraction of sp³-hybridized carbons (Fsp3) is 0.481. The van der Waals surface area contributed by atoms with Crippen molar-refractivity contribution in [1.82, 2.24) is 49.4 Å². The zero-order valence-corrected chi connectivity index (χ0v) is 48.2. The topological polar surface area (TPSA) is 317 Å². The molecule has 28 heteroatoms. The van der Waals surface area contributed by atoms with Gasteiger partial charge in [0.1, 0.15) is 5.75 Å². The van der Waals surface area contributed by atoms with Crippen LogP contribution in [0, 0.1) is 24.0 Å². The Morgan fingerprint density at radius 2 is 1.06 bits per heavy atom. The number of carbonyl (C=O) groups is 4. The molecule has 3 aromatic carbocycles. The summed E-state index contributed by atoms with van der Waals surface area (Å²) in [6.07, 6.45) is 7.78. The van der Waals surface area contributed by atoms with Crippen LogP contribution in [-0.4, -0.2) is 204 Å². The van der Waals surface area contributed by atoms with Gasteiger partial charge in [-0.1, -0.05) is 47.5 Å². The number of ether oxygens (including phenoxy) is 1. The number of likely N-dealkylation sites (tertiary alicyclic amines) is 2. The molecule has 0 unspecified atom stereocenters. The lowest BCUT2D eigenvalue weighted by atomic mass is 9.85. The van der Waals surface area contributed by atoms with Crippen LogP contribution in [-0.2, 0) is 42.7 Å². The van der Waals surface area contributed by atoms with Gasteiger partial charge < -0.3 is 25.2 Å². The summed E-state index contributed by atoms with van der Waals surface area (Å²) < 4.78 is 56.1. The molecule has 6 heterocycles. The number of nitrogens with one attached hydrogen (secondary N) is 3. The first-order chi connectivity index (χ1) is 38.9. The van der Waals surface area contributed by atoms with Gasteiger partial charge in [0.05, 0.1) is 30.5 Å². The van der Waals surface area contributed by atoms with Gasteiger partial charge in [-0.3, -0.25) is 48.7 Å². The summed E-state index contributed by atoms with van der Waals surface area (Å²) in [4.78, 5) is 67.1. The van der Waals surface area contributed by atoms with Crippen LogP contribution in [0.15, 0.2) is 85.2 Å². The summed E-state index contributed by atoms with van der Waals surface area (Å²) in [6, 6.07) is 20.8. The molecule has 5 aromatic rings. The van der Waals surface area contributed by atoms with E-state index < -0.39 is 43.0 Å². The fourth-order valence-corrected chi connectivity index (χ4v) is 11.4. The number of carboxylic acid groups (broad SMARTS) is 2. The van der Waals surface area contributed by atoms with E-state index >= 15 is 0 Å². The molecular formula is C54H73N13O13S2. The molecule has 9 rings (SSSR count). The standard InChI is InChI=1S/C24H34N6O5S.C19H29N3O2.C11H10N4O6S/c1-18-3-4-20(21(15-18)19-5-8-27(9-6-19)17-23(31)32)16-28-11-13-29(14-12-28)24(33)30-10-7-22(25-30)26-36(2,34)35;1-15-2-3-17(13-22-10-6-20-7-11-22)18(12-15)16-4-8-21(9-5-16)14-19(23)24;1-22(19,20)13-10-6-7-14(12-10)11(16)21-9-4-2-8(3-5-9)15(17)18/h3-4,7,10,15,19H,5-6,8-9,11-14,16-17H2,1-2H3,(H,25,26)(H,31,32);2-3,12,16,20H,4-11,13-14H2,1H3,(H,23,24);2-7H,1H3,(H,12,13). The van der Waals surface area contributed by atoms with Crippen molar-refractivity contribution in [3.8, 4) is 5.75 Å². The lowest BCUT2D eigenvalue weighted by molar-refractivity contribution is -0.384. The third-order valence-corrected chi connectivity index (χ3v) is 15.6. The Morgan fingerprint density at radius 3 is 1.50 bits per heavy atom. The van der Waals surface area contributed by atoms with E-state index in [1.807, 2.05) is 4.90 Å². The molecule has 0 spiro atoms. The Labute approximate surface area is 477 Å². The van der Waals surface area contributed by atoms with Gasteiger partial charge in [-0.15, -0.1) is 10.2 Å². The van der Waals surface area contributed by atoms with Crippen molar-refractivity contribution < 1.29 is 55.9 Å². The second kappa shape index (κ2) is 28.6. The van der Waals surface area contributed by atoms with Crippen LogP contribution >= 0.6 is 0 Å². The van der Waals surface area contributed by atoms with Crippen molar-refractivity contribution in [2.75, 3.05) is 114 Å². The first kappa shape index (κ1) is 62.3. The van der Waals surface area contributed by atoms with E-state index in [4.69, 9.17) is 14.9 Å². The van der Waals surface area contributed by atoms with Crippen molar-refractivity contribution in [3.63, 3.8) is 0 Å². The van der Waals surface area contributed by atoms with Crippen LogP contribution < -0.4 is 19.5 Å². The molecule has 26 nitrogen and oxygen atoms in total. The molecular weight excluding hydrogens is 1100 g/mol. The molecule has 0 saturated carbocycles. The van der Waals surface area contributed by atoms with Crippen molar-refractivity contribution in [3.05, 3.63) is 129 Å². The molecule has 0 bridgehead atoms. The predicted octanol–water partition coefficient (Wildman–Crippen LogP) is 4.49. The zero-order valence-electron chi connectivity index (χ0n) is 46.6. The third kappa shape index (κ3) is 19.4. The molecule has 5 N–H and O–H groups in total. The van der Waals surface area contributed by atoms with Crippen LogP contribution in [0.5, 0.6) is 5.75 Å². The number of hydrogen-bond donors (Lipinski definition) is 5. The summed E-state index contributed by atoms with van der Waals surface area (Å²) in [6.45, 7) is 16.7. The van der Waals surface area contributed by atoms with Crippen molar-refractivity contribution in [2.45, 2.75) is 64.5 Å². The summed E-state index contributed by atoms with van der Waals surface area (Å²) in [5, 5.41) is 39.7. The Kier molecular flexibility index (Phi) is 21.7. The molecule has 0 radical (unpaired) electrons. The van der Waals surface area contributed by atoms with E-state index in [9.17, 15) is 46.1 Å². The number of aromatic nitrogens is 4. The van der Waals surface area contributed by atoms with E-state index in [1.54, 1.807) is 4.90 Å². The van der Waals surface area contributed by atoms with Gasteiger partial charge in [-0.05, 0) is 112 Å². The van der Waals surface area contributed by atoms with Crippen molar-refractivity contribution in [2.24, 2.45) is 0 Å². The number of carbonyl (C=O) groups excluding carboxylic acids is 2. The maximum absolute atomic E-state index is 12.8. The minimum absolute atomic E-state index is 0.0388. The quantitative estimate of drug-likeness (QED) is 0.0671. The zero-order chi connectivity index (χ0) is 59.1. The number of nitro benzene ring substituents is 1. The van der Waals surface area contributed by atoms with Crippen LogP contribution in [0.1, 0.15) is 70.9 Å². The number of piperidine rings is 2. The number of rotatable bonds is 16. The van der Waals surface area contributed by atoms with E-state index in [0.717, 1.165) is 126 Å². The molecule has 2 aromatic heterocycles. The SMILES string of the molecule is CS(=O)(=O)Nc1ccn(C(=O)Oc2ccc([N+](=O)[O-])cc2)n1.Cc1ccc(CN2CCN(C(=O)n3ccc(NS(C)(=O)=O)n3)CC2)c(C2CCN(CC(=O)O)CC2)c1.Cc1ccc(CN2CCNCC2)c(C2CCN(CC(=O)O)CC2)c1. The minimum atomic E-state index is -3.50. The molecule has 1 amide bonds. The number of non-ortho nitro benzene ring substituents is 1. The second-order valence-corrected chi connectivity index (χ2v) is 24.5. The summed E-state index contributed by atoms with van der Waals surface area (Å²) in [5.74, 6) is -0.350. The van der Waals surface area contributed by atoms with Gasteiger partial charge in [-0.25, -0.2) is 26.4 Å². The Morgan fingerprint density at radius 1 is 0.622 bits per heavy atom. The van der Waals surface area contributed by atoms with Crippen LogP contribution in [0.3, 0.4) is 0 Å². The lowest BCUT2D eigenvalue weighted by Crippen LogP contribution is -2.49. The van der Waals surface area contributed by atoms with Gasteiger partial charge in [0.2, 0.25) is 20.0 Å². The van der Waals surface area contributed by atoms with Gasteiger partial charge >= 0.3 is 24.1 Å². The monoisotopic (exact) mass is 1180 g/mol. The van der Waals surface area contributed by atoms with Crippen LogP contribution in [0.2, 0.25) is 0 Å². The number of sulfonamides is 2. The molecule has 444 valence electrons. The summed E-state index contributed by atoms with van der Waals surface area (Å²) >= 11 is 0. The highest BCUT2D eigenvalue weighted by Crippen LogP contribution is 2.34. The third-order valence-electron chi connectivity index (χ3n) is 14.4. The number of aryl methyl sites for hydroxylation is 2. The highest BCUT2D eigenvalue weighted by atomic mass is 32.2. The second-order valence-electron chi connectivity index (χ2n) is 21.0. The molecule has 0 aliphatic carbocycles. The van der Waals surface area contributed by atoms with E-state index in [0.29, 0.717) is 24.9 Å². The summed E-state index contributed by atoms with van der Waals surface area (Å²) in [5.41, 5.74) is 8.00. The number of anilines is 2. The molecule has 0 atom stereocenters. The van der Waals surface area contributed by atoms with Crippen LogP contribution in [0.4, 0.5) is 26.9 Å². The van der Waals surface area contributed by atoms with Gasteiger partial charge in [-0.2, -0.15) is 9.36 Å². The number of piperazine rings is 2. The average molecular weight is 1180 g/mol. The highest BCUT2D eigenvalue weighted by Gasteiger charge is 2.28. The maximum atomic E-state index is 12.8. The predicted molar refractivity (Wildman–Crippen MR) is 306 cm³/mol. The molecule has 4 saturated heterocycles. The largest absolute Gasteiger partial charge is 0.480 e. The van der Waals surface area contributed by atoms with E-state index in [-0.39, 0.29) is 42.2 Å². The van der Waals surface area contributed by atoms with E-state index in [1.165, 1.54) is 82.2 Å². The van der Waals surface area contributed by atoms with Gasteiger partial charge in [0.25, 0.3) is 5.69 Å². The lowest BCUT2D eigenvalue weighted by Gasteiger charge is -2.36. The Bertz CT molecular complexity index is 3240. The smallest absolute Gasteiger partial charge is 0.440 e. The average Bonchev–Trinajstić information content (AvgIpc) is 4.15. The number of nitrogens with zero attached hydrogens (tertiary/aromatic N) is 10. The molecule has 4 aliphatic heterocycles. The first-order valence-corrected chi connectivity index (χ1v) is 30.8. The fourth-order valence-electron chi connectivity index (χ4n) is 10.4. The number of nitro groups is 1.